The Balaban J connectivity index is 0.00000271. The molecule has 0 saturated heterocycles. The first-order valence-electron chi connectivity index (χ1n) is 19.0. The fourth-order valence-electron chi connectivity index (χ4n) is 9.63. The summed E-state index contributed by atoms with van der Waals surface area (Å²) >= 11 is -3.66. The number of benzene rings is 5. The first-order valence-corrected chi connectivity index (χ1v) is 25.3. The zero-order chi connectivity index (χ0) is 36.4. The normalized spacial score (nSPS) is 15.7. The molecule has 0 bridgehead atoms. The monoisotopic (exact) mass is 817 g/mol. The van der Waals surface area contributed by atoms with E-state index < -0.39 is 19.8 Å². The third-order valence-corrected chi connectivity index (χ3v) is 22.2. The van der Waals surface area contributed by atoms with Crippen molar-refractivity contribution in [2.45, 2.75) is 86.7 Å². The van der Waals surface area contributed by atoms with Gasteiger partial charge in [-0.3, -0.25) is 0 Å². The second-order valence-electron chi connectivity index (χ2n) is 16.9. The predicted molar refractivity (Wildman–Crippen MR) is 235 cm³/mol. The molecule has 53 heavy (non-hydrogen) atoms. The fraction of sp³-hybridized carbons (Fsp3) is 0.300. The molecule has 2 aliphatic carbocycles. The van der Waals surface area contributed by atoms with Gasteiger partial charge in [0, 0.05) is 0 Å². The molecule has 0 heterocycles. The summed E-state index contributed by atoms with van der Waals surface area (Å²) in [5, 5.41) is 0. The van der Waals surface area contributed by atoms with E-state index in [9.17, 15) is 0 Å². The number of fused-ring (bicyclic) bond motifs is 3. The van der Waals surface area contributed by atoms with Crippen LogP contribution < -0.4 is 3.27 Å². The van der Waals surface area contributed by atoms with Gasteiger partial charge in [0.2, 0.25) is 0 Å². The topological polar surface area (TPSA) is 0 Å². The molecular weight excluding hydrogens is 763 g/mol. The van der Waals surface area contributed by atoms with Gasteiger partial charge in [-0.25, -0.2) is 0 Å². The molecule has 0 aliphatic heterocycles. The second kappa shape index (κ2) is 15.6. The molecule has 3 heteroatoms. The molecule has 5 aromatic rings. The first kappa shape index (κ1) is 41.1. The molecule has 7 rings (SSSR count). The Hall–Kier alpha value is -3.09. The van der Waals surface area contributed by atoms with Crippen molar-refractivity contribution in [1.29, 1.82) is 0 Å². The van der Waals surface area contributed by atoms with Crippen LogP contribution >= 0.6 is 24.8 Å². The van der Waals surface area contributed by atoms with Crippen LogP contribution in [0.25, 0.3) is 33.4 Å². The summed E-state index contributed by atoms with van der Waals surface area (Å²) in [4.78, 5) is 0. The fourth-order valence-corrected chi connectivity index (χ4v) is 20.9. The largest absolute Gasteiger partial charge is 0.147 e. The summed E-state index contributed by atoms with van der Waals surface area (Å²) in [6, 6.07) is 33.0. The standard InChI is InChI=1S/C31H29.C11H17.C7H6.CH3.2ClH.Zr/c1-18-11-20(3)30(21(4)12-18)24-7-9-28-26(15-24)17-27-16-25(8-10-29(27)28)31-22(5)13-19(2)14-23(31)6;1-5-9-6-7-10(8-9)11(2,3)4;1-7-5-3-2-4-6-7;;;;/h7-15H,17H2,1-6H3;7-9H,5H2,1-4H3;1-6H;1H3;2*1H;. The van der Waals surface area contributed by atoms with Crippen LogP contribution in [0.1, 0.15) is 84.2 Å². The SMILES string of the molecule is CCC1C=C(C(C)(C)C)C=[C]1[Zr]([CH3])(=[CH]c1ccccc1)[c]1c(-c2c(C)cc(C)cc2C)ccc2c1Cc1cc(-c3c(C)cc(C)cc3C)ccc1-2.Cl.Cl. The van der Waals surface area contributed by atoms with E-state index in [0.717, 1.165) is 12.8 Å². The quantitative estimate of drug-likeness (QED) is 0.157. The Bertz CT molecular complexity index is 2280. The molecule has 2 unspecified atom stereocenters. The molecule has 2 atom stereocenters. The van der Waals surface area contributed by atoms with Crippen molar-refractivity contribution >= 4 is 31.8 Å². The summed E-state index contributed by atoms with van der Waals surface area (Å²) < 4.78 is 8.93. The molecular formula is C50H57Cl2Zr. The van der Waals surface area contributed by atoms with Gasteiger partial charge in [-0.15, -0.1) is 24.8 Å². The van der Waals surface area contributed by atoms with Gasteiger partial charge in [-0.1, -0.05) is 0 Å². The van der Waals surface area contributed by atoms with Crippen molar-refractivity contribution in [2.24, 2.45) is 11.3 Å². The Morgan fingerprint density at radius 3 is 1.79 bits per heavy atom. The van der Waals surface area contributed by atoms with Crippen molar-refractivity contribution in [1.82, 2.24) is 0 Å². The predicted octanol–water partition coefficient (Wildman–Crippen LogP) is 13.9. The van der Waals surface area contributed by atoms with Crippen molar-refractivity contribution in [2.75, 3.05) is 0 Å². The number of hydrogen-bond acceptors (Lipinski definition) is 0. The summed E-state index contributed by atoms with van der Waals surface area (Å²) in [6.45, 7) is 23.2. The molecule has 0 saturated carbocycles. The Morgan fingerprint density at radius 2 is 1.23 bits per heavy atom. The van der Waals surface area contributed by atoms with Crippen LogP contribution in [0.3, 0.4) is 0 Å². The maximum absolute atomic E-state index is 3.66. The van der Waals surface area contributed by atoms with Gasteiger partial charge in [0.15, 0.2) is 0 Å². The number of aryl methyl sites for hydroxylation is 6. The minimum absolute atomic E-state index is 0. The van der Waals surface area contributed by atoms with Gasteiger partial charge in [0.1, 0.15) is 0 Å². The zero-order valence-electron chi connectivity index (χ0n) is 33.6. The minimum Gasteiger partial charge on any atom is -0.147 e. The van der Waals surface area contributed by atoms with E-state index in [0.29, 0.717) is 5.92 Å². The van der Waals surface area contributed by atoms with E-state index >= 15 is 0 Å². The average Bonchev–Trinajstić information content (AvgIpc) is 3.66. The number of rotatable bonds is 6. The maximum atomic E-state index is 2.80. The third-order valence-electron chi connectivity index (χ3n) is 11.8. The minimum atomic E-state index is -3.66. The van der Waals surface area contributed by atoms with Crippen LogP contribution in [-0.4, -0.2) is 3.71 Å². The molecule has 2 aliphatic rings. The second-order valence-corrected chi connectivity index (χ2v) is 26.1. The third kappa shape index (κ3) is 7.49. The van der Waals surface area contributed by atoms with Crippen molar-refractivity contribution < 1.29 is 19.8 Å². The molecule has 0 spiro atoms. The molecule has 0 aromatic heterocycles. The van der Waals surface area contributed by atoms with Gasteiger partial charge in [0.25, 0.3) is 0 Å². The van der Waals surface area contributed by atoms with Crippen LogP contribution in [-0.2, 0) is 26.2 Å². The maximum Gasteiger partial charge on any atom is -0.147 e. The van der Waals surface area contributed by atoms with Gasteiger partial charge < -0.3 is 0 Å². The van der Waals surface area contributed by atoms with E-state index in [1.807, 2.05) is 0 Å². The smallest absolute Gasteiger partial charge is 0.147 e. The van der Waals surface area contributed by atoms with Gasteiger partial charge in [-0.2, -0.15) is 0 Å². The van der Waals surface area contributed by atoms with E-state index in [1.165, 1.54) is 83.5 Å². The van der Waals surface area contributed by atoms with E-state index in [1.54, 1.807) is 12.1 Å². The molecule has 275 valence electrons. The van der Waals surface area contributed by atoms with Crippen molar-refractivity contribution in [3.63, 3.8) is 0 Å². The number of halogens is 2. The number of hydrogen-bond donors (Lipinski definition) is 0. The average molecular weight is 820 g/mol. The van der Waals surface area contributed by atoms with Crippen LogP contribution in [0.15, 0.2) is 106 Å². The van der Waals surface area contributed by atoms with Crippen molar-refractivity contribution in [3.8, 4) is 33.4 Å². The molecule has 0 fully saturated rings. The van der Waals surface area contributed by atoms with Crippen LogP contribution in [0.4, 0.5) is 0 Å². The summed E-state index contributed by atoms with van der Waals surface area (Å²) in [5.74, 6) is 0.465. The Morgan fingerprint density at radius 1 is 0.679 bits per heavy atom. The van der Waals surface area contributed by atoms with E-state index in [4.69, 9.17) is 0 Å². The summed E-state index contributed by atoms with van der Waals surface area (Å²) in [5.41, 5.74) is 22.6. The van der Waals surface area contributed by atoms with Crippen LogP contribution in [0.5, 0.6) is 0 Å². The summed E-state index contributed by atoms with van der Waals surface area (Å²) in [7, 11) is 0. The Labute approximate surface area is 336 Å². The van der Waals surface area contributed by atoms with E-state index in [-0.39, 0.29) is 30.2 Å². The van der Waals surface area contributed by atoms with Crippen LogP contribution in [0.2, 0.25) is 4.63 Å². The van der Waals surface area contributed by atoms with E-state index in [2.05, 4.69) is 175 Å². The first-order chi connectivity index (χ1) is 24.2. The number of allylic oxidation sites excluding steroid dienone is 4. The molecule has 0 radical (unpaired) electrons. The zero-order valence-corrected chi connectivity index (χ0v) is 37.7. The van der Waals surface area contributed by atoms with Gasteiger partial charge in [0.05, 0.1) is 0 Å². The summed E-state index contributed by atoms with van der Waals surface area (Å²) in [6.07, 6.45) is 7.41. The molecule has 0 N–H and O–H groups in total. The van der Waals surface area contributed by atoms with Crippen LogP contribution in [0, 0.1) is 52.9 Å². The molecule has 0 amide bonds. The van der Waals surface area contributed by atoms with Gasteiger partial charge in [-0.05, 0) is 0 Å². The van der Waals surface area contributed by atoms with Crippen molar-refractivity contribution in [3.05, 3.63) is 156 Å². The molecule has 5 aromatic carbocycles. The molecule has 0 nitrogen and oxygen atoms in total. The Kier molecular flexibility index (Phi) is 12.1. The van der Waals surface area contributed by atoms with Gasteiger partial charge >= 0.3 is 314 Å².